The molecule has 2 aliphatic heterocycles. The van der Waals surface area contributed by atoms with Crippen molar-refractivity contribution in [3.8, 4) is 11.5 Å². The number of allylic oxidation sites excluding steroid dienone is 1. The highest BCUT2D eigenvalue weighted by atomic mass is 16.5. The summed E-state index contributed by atoms with van der Waals surface area (Å²) in [6.07, 6.45) is 6.14. The Bertz CT molecular complexity index is 1520. The van der Waals surface area contributed by atoms with E-state index in [2.05, 4.69) is 4.98 Å². The molecule has 2 N–H and O–H groups in total. The minimum atomic E-state index is -0.821. The number of aromatic amines is 1. The molecule has 0 saturated carbocycles. The standard InChI is InChI=1S/C30H29NO7/c1-17-8-7-12-20(32)11-4-2-3-10-19-15-24-27(28(34)26(19)30(36)37-17)21(16-25(33)38-24)22-14-18-9-5-6-13-23(18)31-29(22)35/h3,5-6,9-10,13-15,17,21,34H,2,4,7-8,11-12,16H2,1H3,(H,31,35)/b10-3+/t17-,21-/m0/s1. The molecule has 196 valence electrons. The highest BCUT2D eigenvalue weighted by molar-refractivity contribution is 5.98. The lowest BCUT2D eigenvalue weighted by molar-refractivity contribution is -0.135. The number of ether oxygens (including phenoxy) is 2. The summed E-state index contributed by atoms with van der Waals surface area (Å²) in [6.45, 7) is 1.75. The molecule has 5 rings (SSSR count). The normalized spacial score (nSPS) is 21.6. The van der Waals surface area contributed by atoms with Crippen molar-refractivity contribution in [3.05, 3.63) is 75.1 Å². The van der Waals surface area contributed by atoms with Crippen molar-refractivity contribution in [1.82, 2.24) is 4.98 Å². The first kappa shape index (κ1) is 25.4. The number of aromatic hydroxyl groups is 1. The minimum absolute atomic E-state index is 0.0415. The number of phenols is 1. The van der Waals surface area contributed by atoms with Gasteiger partial charge in [0.15, 0.2) is 0 Å². The van der Waals surface area contributed by atoms with E-state index >= 15 is 0 Å². The number of nitrogens with one attached hydrogen (secondary N) is 1. The number of aromatic nitrogens is 1. The molecule has 0 fully saturated rings. The zero-order valence-corrected chi connectivity index (χ0v) is 21.1. The number of carbonyl (C=O) groups is 3. The summed E-state index contributed by atoms with van der Waals surface area (Å²) in [6, 6.07) is 10.5. The van der Waals surface area contributed by atoms with Crippen LogP contribution in [0.15, 0.2) is 47.3 Å². The van der Waals surface area contributed by atoms with Gasteiger partial charge in [0.05, 0.1) is 12.5 Å². The van der Waals surface area contributed by atoms with E-state index in [0.717, 1.165) is 5.39 Å². The summed E-state index contributed by atoms with van der Waals surface area (Å²) in [5.74, 6) is -2.18. The van der Waals surface area contributed by atoms with Crippen LogP contribution in [-0.2, 0) is 14.3 Å². The molecule has 0 spiro atoms. The van der Waals surface area contributed by atoms with Gasteiger partial charge in [0.1, 0.15) is 22.8 Å². The number of esters is 2. The van der Waals surface area contributed by atoms with Gasteiger partial charge in [-0.15, -0.1) is 0 Å². The SMILES string of the molecule is C[C@H]1CCCC(=O)CCC/C=C/c2cc3c(c(O)c2C(=O)O1)[C@H](c1cc2ccccc2[nH]c1=O)CC(=O)O3. The lowest BCUT2D eigenvalue weighted by Gasteiger charge is -2.27. The van der Waals surface area contributed by atoms with Crippen LogP contribution in [0.25, 0.3) is 17.0 Å². The molecular formula is C30H29NO7. The zero-order chi connectivity index (χ0) is 26.8. The number of phenolic OH excluding ortho intramolecular Hbond substituents is 1. The van der Waals surface area contributed by atoms with Crippen molar-refractivity contribution in [1.29, 1.82) is 0 Å². The van der Waals surface area contributed by atoms with E-state index in [1.54, 1.807) is 25.1 Å². The van der Waals surface area contributed by atoms with Crippen molar-refractivity contribution >= 4 is 34.7 Å². The number of fused-ring (bicyclic) bond motifs is 3. The van der Waals surface area contributed by atoms with Gasteiger partial charge in [-0.1, -0.05) is 30.4 Å². The third-order valence-electron chi connectivity index (χ3n) is 7.14. The minimum Gasteiger partial charge on any atom is -0.507 e. The number of cyclic esters (lactones) is 1. The molecule has 38 heavy (non-hydrogen) atoms. The third kappa shape index (κ3) is 5.11. The van der Waals surface area contributed by atoms with E-state index in [9.17, 15) is 24.3 Å². The van der Waals surface area contributed by atoms with E-state index in [1.165, 1.54) is 6.07 Å². The fraction of sp³-hybridized carbons (Fsp3) is 0.333. The Hall–Kier alpha value is -4.20. The number of pyridine rings is 1. The smallest absolute Gasteiger partial charge is 0.342 e. The molecule has 0 unspecified atom stereocenters. The van der Waals surface area contributed by atoms with Gasteiger partial charge >= 0.3 is 11.9 Å². The van der Waals surface area contributed by atoms with Crippen LogP contribution in [0.3, 0.4) is 0 Å². The van der Waals surface area contributed by atoms with Gasteiger partial charge in [0, 0.05) is 35.4 Å². The zero-order valence-electron chi connectivity index (χ0n) is 21.1. The molecule has 1 aromatic heterocycles. The van der Waals surface area contributed by atoms with Crippen molar-refractivity contribution in [2.45, 2.75) is 63.9 Å². The predicted molar refractivity (Wildman–Crippen MR) is 141 cm³/mol. The highest BCUT2D eigenvalue weighted by Gasteiger charge is 2.36. The Morgan fingerprint density at radius 2 is 1.82 bits per heavy atom. The molecule has 0 radical (unpaired) electrons. The summed E-state index contributed by atoms with van der Waals surface area (Å²) in [5.41, 5.74) is 1.05. The maximum absolute atomic E-state index is 13.3. The van der Waals surface area contributed by atoms with Gasteiger partial charge < -0.3 is 19.6 Å². The van der Waals surface area contributed by atoms with E-state index in [-0.39, 0.29) is 40.4 Å². The number of hydrogen-bond donors (Lipinski definition) is 2. The van der Waals surface area contributed by atoms with Crippen LogP contribution in [0.1, 0.15) is 84.8 Å². The summed E-state index contributed by atoms with van der Waals surface area (Å²) in [7, 11) is 0. The number of carbonyl (C=O) groups excluding carboxylic acids is 3. The van der Waals surface area contributed by atoms with Crippen LogP contribution in [0.4, 0.5) is 0 Å². The van der Waals surface area contributed by atoms with Gasteiger partial charge in [-0.2, -0.15) is 0 Å². The topological polar surface area (TPSA) is 123 Å². The maximum Gasteiger partial charge on any atom is 0.342 e. The largest absolute Gasteiger partial charge is 0.507 e. The summed E-state index contributed by atoms with van der Waals surface area (Å²) in [5, 5.41) is 12.3. The molecule has 2 aliphatic rings. The summed E-state index contributed by atoms with van der Waals surface area (Å²) >= 11 is 0. The van der Waals surface area contributed by atoms with Crippen LogP contribution < -0.4 is 10.3 Å². The number of para-hydroxylation sites is 1. The number of ketones is 1. The average molecular weight is 516 g/mol. The first-order valence-electron chi connectivity index (χ1n) is 12.9. The molecule has 3 aromatic rings. The first-order valence-corrected chi connectivity index (χ1v) is 12.9. The second-order valence-electron chi connectivity index (χ2n) is 9.91. The molecule has 0 bridgehead atoms. The van der Waals surface area contributed by atoms with E-state index in [0.29, 0.717) is 55.2 Å². The Morgan fingerprint density at radius 3 is 2.66 bits per heavy atom. The number of Topliss-reactive ketones (excluding diaryl/α,β-unsaturated/α-hetero) is 1. The molecule has 2 aromatic carbocycles. The second kappa shape index (κ2) is 10.7. The Labute approximate surface area is 219 Å². The first-order chi connectivity index (χ1) is 18.3. The van der Waals surface area contributed by atoms with Crippen molar-refractivity contribution in [3.63, 3.8) is 0 Å². The van der Waals surface area contributed by atoms with Gasteiger partial charge in [0.25, 0.3) is 5.56 Å². The quantitative estimate of drug-likeness (QED) is 0.339. The van der Waals surface area contributed by atoms with Crippen LogP contribution in [0.2, 0.25) is 0 Å². The van der Waals surface area contributed by atoms with E-state index < -0.39 is 24.0 Å². The fourth-order valence-corrected chi connectivity index (χ4v) is 5.21. The van der Waals surface area contributed by atoms with Gasteiger partial charge in [-0.05, 0) is 61.8 Å². The fourth-order valence-electron chi connectivity index (χ4n) is 5.21. The number of hydrogen-bond acceptors (Lipinski definition) is 7. The van der Waals surface area contributed by atoms with Crippen molar-refractivity contribution in [2.75, 3.05) is 0 Å². The molecule has 0 saturated heterocycles. The average Bonchev–Trinajstić information content (AvgIpc) is 2.87. The van der Waals surface area contributed by atoms with Crippen LogP contribution in [0.5, 0.6) is 11.5 Å². The van der Waals surface area contributed by atoms with Gasteiger partial charge in [0.2, 0.25) is 0 Å². The molecule has 8 heteroatoms. The Balaban J connectivity index is 1.64. The predicted octanol–water partition coefficient (Wildman–Crippen LogP) is 5.16. The molecular weight excluding hydrogens is 486 g/mol. The van der Waals surface area contributed by atoms with Gasteiger partial charge in [-0.3, -0.25) is 14.4 Å². The molecule has 8 nitrogen and oxygen atoms in total. The Morgan fingerprint density at radius 1 is 1.03 bits per heavy atom. The van der Waals surface area contributed by atoms with Gasteiger partial charge in [-0.25, -0.2) is 4.79 Å². The molecule has 0 aliphatic carbocycles. The number of benzene rings is 2. The number of H-pyrrole nitrogens is 1. The lowest BCUT2D eigenvalue weighted by atomic mass is 9.83. The van der Waals surface area contributed by atoms with Crippen molar-refractivity contribution < 1.29 is 29.0 Å². The van der Waals surface area contributed by atoms with E-state index in [1.807, 2.05) is 24.3 Å². The van der Waals surface area contributed by atoms with Crippen molar-refractivity contribution in [2.24, 2.45) is 0 Å². The molecule has 0 amide bonds. The third-order valence-corrected chi connectivity index (χ3v) is 7.14. The monoisotopic (exact) mass is 515 g/mol. The number of rotatable bonds is 1. The summed E-state index contributed by atoms with van der Waals surface area (Å²) in [4.78, 5) is 54.0. The summed E-state index contributed by atoms with van der Waals surface area (Å²) < 4.78 is 11.1. The highest BCUT2D eigenvalue weighted by Crippen LogP contribution is 2.46. The van der Waals surface area contributed by atoms with Crippen LogP contribution in [-0.4, -0.2) is 33.9 Å². The Kier molecular flexibility index (Phi) is 7.13. The maximum atomic E-state index is 13.3. The van der Waals surface area contributed by atoms with Crippen LogP contribution in [0, 0.1) is 0 Å². The van der Waals surface area contributed by atoms with E-state index in [4.69, 9.17) is 9.47 Å². The second-order valence-corrected chi connectivity index (χ2v) is 9.91. The molecule has 2 atom stereocenters. The lowest BCUT2D eigenvalue weighted by Crippen LogP contribution is -2.27. The molecule has 3 heterocycles. The van der Waals surface area contributed by atoms with Crippen LogP contribution >= 0.6 is 0 Å².